The maximum Gasteiger partial charge on any atom is 0.236 e. The van der Waals surface area contributed by atoms with Crippen LogP contribution in [0.3, 0.4) is 0 Å². The molecule has 1 heterocycles. The first kappa shape index (κ1) is 18.0. The molecule has 0 aliphatic carbocycles. The molecule has 0 unspecified atom stereocenters. The van der Waals surface area contributed by atoms with E-state index in [2.05, 4.69) is 4.72 Å². The third-order valence-corrected chi connectivity index (χ3v) is 6.57. The van der Waals surface area contributed by atoms with Crippen LogP contribution in [0.4, 0.5) is 11.4 Å². The Morgan fingerprint density at radius 2 is 1.76 bits per heavy atom. The Morgan fingerprint density at radius 3 is 2.40 bits per heavy atom. The van der Waals surface area contributed by atoms with Gasteiger partial charge in [-0.15, -0.1) is 0 Å². The van der Waals surface area contributed by atoms with E-state index in [-0.39, 0.29) is 5.75 Å². The molecular formula is C16H17ClN2O4S2. The molecule has 0 radical (unpaired) electrons. The van der Waals surface area contributed by atoms with Crippen molar-refractivity contribution in [3.8, 4) is 0 Å². The Kier molecular flexibility index (Phi) is 4.70. The highest BCUT2D eigenvalue weighted by atomic mass is 35.5. The summed E-state index contributed by atoms with van der Waals surface area (Å²) in [5.41, 5.74) is 2.45. The summed E-state index contributed by atoms with van der Waals surface area (Å²) in [5, 5.41) is 0.545. The highest BCUT2D eigenvalue weighted by Gasteiger charge is 2.26. The summed E-state index contributed by atoms with van der Waals surface area (Å²) < 4.78 is 52.0. The first-order valence-electron chi connectivity index (χ1n) is 7.50. The molecule has 3 rings (SSSR count). The normalized spacial score (nSPS) is 14.4. The molecule has 0 bridgehead atoms. The van der Waals surface area contributed by atoms with Crippen molar-refractivity contribution >= 4 is 43.0 Å². The number of rotatable bonds is 5. The summed E-state index contributed by atoms with van der Waals surface area (Å²) in [6.07, 6.45) is 1.71. The summed E-state index contributed by atoms with van der Waals surface area (Å²) in [6, 6.07) is 11.5. The van der Waals surface area contributed by atoms with Gasteiger partial charge in [-0.05, 0) is 47.9 Å². The highest BCUT2D eigenvalue weighted by molar-refractivity contribution is 7.92. The van der Waals surface area contributed by atoms with E-state index < -0.39 is 20.0 Å². The Bertz CT molecular complexity index is 1000. The first-order valence-corrected chi connectivity index (χ1v) is 11.4. The number of hydrogen-bond acceptors (Lipinski definition) is 4. The quantitative estimate of drug-likeness (QED) is 0.836. The fourth-order valence-electron chi connectivity index (χ4n) is 2.80. The van der Waals surface area contributed by atoms with Gasteiger partial charge >= 0.3 is 0 Å². The minimum Gasteiger partial charge on any atom is -0.283 e. The average molecular weight is 401 g/mol. The van der Waals surface area contributed by atoms with Crippen LogP contribution in [0.25, 0.3) is 0 Å². The third-order valence-electron chi connectivity index (χ3n) is 3.88. The van der Waals surface area contributed by atoms with Crippen molar-refractivity contribution in [2.75, 3.05) is 21.8 Å². The smallest absolute Gasteiger partial charge is 0.236 e. The number of anilines is 2. The van der Waals surface area contributed by atoms with E-state index in [9.17, 15) is 16.8 Å². The number of nitrogens with zero attached hydrogens (tertiary/aromatic N) is 1. The summed E-state index contributed by atoms with van der Waals surface area (Å²) in [4.78, 5) is 0. The van der Waals surface area contributed by atoms with Gasteiger partial charge in [-0.2, -0.15) is 0 Å². The maximum absolute atomic E-state index is 12.3. The first-order chi connectivity index (χ1) is 11.6. The fourth-order valence-corrected chi connectivity index (χ4v) is 5.07. The summed E-state index contributed by atoms with van der Waals surface area (Å²) in [6.45, 7) is 0.370. The number of sulfonamides is 2. The van der Waals surface area contributed by atoms with E-state index in [0.717, 1.165) is 11.8 Å². The molecule has 1 N–H and O–H groups in total. The molecule has 1 aliphatic heterocycles. The third kappa shape index (κ3) is 4.26. The monoisotopic (exact) mass is 400 g/mol. The van der Waals surface area contributed by atoms with Crippen molar-refractivity contribution in [3.63, 3.8) is 0 Å². The molecule has 0 saturated heterocycles. The average Bonchev–Trinajstić information content (AvgIpc) is 2.92. The van der Waals surface area contributed by atoms with E-state index in [0.29, 0.717) is 34.9 Å². The molecule has 2 aromatic carbocycles. The lowest BCUT2D eigenvalue weighted by Gasteiger charge is -2.16. The van der Waals surface area contributed by atoms with Gasteiger partial charge in [-0.1, -0.05) is 23.7 Å². The molecule has 0 spiro atoms. The Balaban J connectivity index is 1.78. The maximum atomic E-state index is 12.3. The summed E-state index contributed by atoms with van der Waals surface area (Å²) >= 11 is 5.80. The van der Waals surface area contributed by atoms with Crippen molar-refractivity contribution in [3.05, 3.63) is 58.6 Å². The standard InChI is InChI=1S/C16H17ClN2O4S2/c1-24(20,21)19-9-8-13-10-15(6-7-16(13)19)18-25(22,23)11-12-2-4-14(17)5-3-12/h2-7,10,18H,8-9,11H2,1H3. The molecule has 0 amide bonds. The van der Waals surface area contributed by atoms with Gasteiger partial charge in [-0.3, -0.25) is 9.03 Å². The topological polar surface area (TPSA) is 83.6 Å². The van der Waals surface area contributed by atoms with Crippen molar-refractivity contribution in [2.45, 2.75) is 12.2 Å². The van der Waals surface area contributed by atoms with Crippen LogP contribution in [0.5, 0.6) is 0 Å². The summed E-state index contributed by atoms with van der Waals surface area (Å²) in [7, 11) is -6.91. The second-order valence-electron chi connectivity index (χ2n) is 5.92. The zero-order valence-corrected chi connectivity index (χ0v) is 15.8. The molecule has 1 aliphatic rings. The van der Waals surface area contributed by atoms with Crippen LogP contribution in [0.15, 0.2) is 42.5 Å². The van der Waals surface area contributed by atoms with Crippen molar-refractivity contribution in [1.29, 1.82) is 0 Å². The fraction of sp³-hybridized carbons (Fsp3) is 0.250. The van der Waals surface area contributed by atoms with Crippen molar-refractivity contribution in [1.82, 2.24) is 0 Å². The minimum absolute atomic E-state index is 0.170. The molecule has 2 aromatic rings. The van der Waals surface area contributed by atoms with Gasteiger partial charge in [-0.25, -0.2) is 16.8 Å². The number of fused-ring (bicyclic) bond motifs is 1. The minimum atomic E-state index is -3.58. The molecule has 0 aromatic heterocycles. The summed E-state index contributed by atoms with van der Waals surface area (Å²) in [5.74, 6) is -0.170. The van der Waals surface area contributed by atoms with Crippen LogP contribution in [0.2, 0.25) is 5.02 Å². The lowest BCUT2D eigenvalue weighted by molar-refractivity contribution is 0.597. The lowest BCUT2D eigenvalue weighted by Crippen LogP contribution is -2.27. The van der Waals surface area contributed by atoms with E-state index >= 15 is 0 Å². The van der Waals surface area contributed by atoms with Crippen LogP contribution < -0.4 is 9.03 Å². The van der Waals surface area contributed by atoms with Gasteiger partial charge in [0.1, 0.15) is 0 Å². The van der Waals surface area contributed by atoms with E-state index in [4.69, 9.17) is 11.6 Å². The Hall–Kier alpha value is -1.77. The molecule has 25 heavy (non-hydrogen) atoms. The second kappa shape index (κ2) is 6.51. The van der Waals surface area contributed by atoms with E-state index in [1.807, 2.05) is 0 Å². The lowest BCUT2D eigenvalue weighted by atomic mass is 10.1. The highest BCUT2D eigenvalue weighted by Crippen LogP contribution is 2.32. The Labute approximate surface area is 152 Å². The molecule has 0 atom stereocenters. The molecule has 0 saturated carbocycles. The second-order valence-corrected chi connectivity index (χ2v) is 9.98. The van der Waals surface area contributed by atoms with Gasteiger partial charge in [0.2, 0.25) is 20.0 Å². The zero-order chi connectivity index (χ0) is 18.2. The number of halogens is 1. The van der Waals surface area contributed by atoms with Crippen molar-refractivity contribution in [2.24, 2.45) is 0 Å². The van der Waals surface area contributed by atoms with Gasteiger partial charge < -0.3 is 0 Å². The van der Waals surface area contributed by atoms with Crippen LogP contribution in [-0.4, -0.2) is 29.6 Å². The number of hydrogen-bond donors (Lipinski definition) is 1. The van der Waals surface area contributed by atoms with Crippen LogP contribution in [-0.2, 0) is 32.2 Å². The number of nitrogens with one attached hydrogen (secondary N) is 1. The predicted molar refractivity (Wildman–Crippen MR) is 100 cm³/mol. The predicted octanol–water partition coefficient (Wildman–Crippen LogP) is 2.60. The van der Waals surface area contributed by atoms with Gasteiger partial charge in [0, 0.05) is 17.3 Å². The van der Waals surface area contributed by atoms with E-state index in [1.54, 1.807) is 42.5 Å². The number of benzene rings is 2. The van der Waals surface area contributed by atoms with Gasteiger partial charge in [0.15, 0.2) is 0 Å². The molecule has 6 nitrogen and oxygen atoms in total. The van der Waals surface area contributed by atoms with Crippen LogP contribution in [0.1, 0.15) is 11.1 Å². The van der Waals surface area contributed by atoms with Crippen molar-refractivity contribution < 1.29 is 16.8 Å². The van der Waals surface area contributed by atoms with Gasteiger partial charge in [0.05, 0.1) is 17.7 Å². The largest absolute Gasteiger partial charge is 0.283 e. The molecule has 9 heteroatoms. The van der Waals surface area contributed by atoms with E-state index in [1.165, 1.54) is 4.31 Å². The molecule has 0 fully saturated rings. The molecule has 134 valence electrons. The zero-order valence-electron chi connectivity index (χ0n) is 13.4. The Morgan fingerprint density at radius 1 is 1.08 bits per heavy atom. The van der Waals surface area contributed by atoms with Crippen LogP contribution >= 0.6 is 11.6 Å². The van der Waals surface area contributed by atoms with Crippen LogP contribution in [0, 0.1) is 0 Å². The SMILES string of the molecule is CS(=O)(=O)N1CCc2cc(NS(=O)(=O)Cc3ccc(Cl)cc3)ccc21. The molecular weight excluding hydrogens is 384 g/mol. The van der Waals surface area contributed by atoms with Gasteiger partial charge in [0.25, 0.3) is 0 Å².